The number of carboxylic acids is 1. The molecule has 26 heavy (non-hydrogen) atoms. The Balaban J connectivity index is 2.16. The van der Waals surface area contributed by atoms with Gasteiger partial charge in [0.2, 0.25) is 0 Å². The minimum absolute atomic E-state index is 0.0211. The van der Waals surface area contributed by atoms with Gasteiger partial charge in [-0.3, -0.25) is 0 Å². The topological polar surface area (TPSA) is 62.5 Å². The molecule has 0 fully saturated rings. The lowest BCUT2D eigenvalue weighted by Gasteiger charge is -2.12. The molecule has 0 aliphatic carbocycles. The molecule has 0 saturated heterocycles. The number of aromatic hydroxyl groups is 1. The Bertz CT molecular complexity index is 1020. The van der Waals surface area contributed by atoms with Crippen LogP contribution < -0.4 is 0 Å². The first-order chi connectivity index (χ1) is 12.1. The molecule has 9 heteroatoms. The molecule has 2 aromatic carbocycles. The molecular weight excluding hydrogens is 361 g/mol. The van der Waals surface area contributed by atoms with Crippen LogP contribution in [0.25, 0.3) is 10.9 Å². The van der Waals surface area contributed by atoms with E-state index in [9.17, 15) is 37.0 Å². The summed E-state index contributed by atoms with van der Waals surface area (Å²) in [5, 5.41) is 18.5. The fourth-order valence-corrected chi connectivity index (χ4v) is 2.71. The SMILES string of the molecule is O=C(O)c1cc2c(F)c(O)ccc2n1Cc1ccc(F)c(C(F)(F)F)c1. The van der Waals surface area contributed by atoms with Gasteiger partial charge in [-0.25, -0.2) is 13.6 Å². The number of carbonyl (C=O) groups is 1. The number of hydrogen-bond donors (Lipinski definition) is 2. The van der Waals surface area contributed by atoms with Crippen molar-refractivity contribution >= 4 is 16.9 Å². The summed E-state index contributed by atoms with van der Waals surface area (Å²) in [6, 6.07) is 5.51. The van der Waals surface area contributed by atoms with Gasteiger partial charge in [-0.2, -0.15) is 13.2 Å². The molecule has 0 unspecified atom stereocenters. The summed E-state index contributed by atoms with van der Waals surface area (Å²) < 4.78 is 67.0. The van der Waals surface area contributed by atoms with Gasteiger partial charge >= 0.3 is 12.1 Å². The van der Waals surface area contributed by atoms with E-state index in [4.69, 9.17) is 0 Å². The van der Waals surface area contributed by atoms with Crippen molar-refractivity contribution in [1.82, 2.24) is 4.57 Å². The van der Waals surface area contributed by atoms with Crippen LogP contribution in [-0.2, 0) is 12.7 Å². The Morgan fingerprint density at radius 2 is 1.77 bits per heavy atom. The maximum atomic E-state index is 14.0. The van der Waals surface area contributed by atoms with Crippen molar-refractivity contribution in [3.63, 3.8) is 0 Å². The number of hydrogen-bond acceptors (Lipinski definition) is 2. The van der Waals surface area contributed by atoms with Crippen LogP contribution in [0.2, 0.25) is 0 Å². The Hall–Kier alpha value is -3.10. The fourth-order valence-electron chi connectivity index (χ4n) is 2.71. The third-order valence-corrected chi connectivity index (χ3v) is 3.90. The predicted molar refractivity (Wildman–Crippen MR) is 81.0 cm³/mol. The molecule has 0 spiro atoms. The lowest BCUT2D eigenvalue weighted by molar-refractivity contribution is -0.140. The van der Waals surface area contributed by atoms with Crippen LogP contribution in [0.4, 0.5) is 22.0 Å². The normalized spacial score (nSPS) is 11.9. The van der Waals surface area contributed by atoms with Gasteiger partial charge in [0.1, 0.15) is 11.5 Å². The summed E-state index contributed by atoms with van der Waals surface area (Å²) in [6.45, 7) is -0.362. The highest BCUT2D eigenvalue weighted by atomic mass is 19.4. The number of alkyl halides is 3. The molecular formula is C17H10F5NO3. The molecule has 4 nitrogen and oxygen atoms in total. The second-order valence-electron chi connectivity index (χ2n) is 5.56. The Kier molecular flexibility index (Phi) is 4.09. The monoisotopic (exact) mass is 371 g/mol. The first-order valence-corrected chi connectivity index (χ1v) is 7.19. The molecule has 0 atom stereocenters. The summed E-state index contributed by atoms with van der Waals surface area (Å²) in [6.07, 6.45) is -4.91. The quantitative estimate of drug-likeness (QED) is 0.672. The molecule has 1 heterocycles. The van der Waals surface area contributed by atoms with E-state index in [2.05, 4.69) is 0 Å². The number of fused-ring (bicyclic) bond motifs is 1. The van der Waals surface area contributed by atoms with Crippen molar-refractivity contribution in [2.45, 2.75) is 12.7 Å². The van der Waals surface area contributed by atoms with Gasteiger partial charge in [0.25, 0.3) is 0 Å². The summed E-state index contributed by atoms with van der Waals surface area (Å²) in [7, 11) is 0. The van der Waals surface area contributed by atoms with Gasteiger partial charge in [0.05, 0.1) is 11.1 Å². The summed E-state index contributed by atoms with van der Waals surface area (Å²) >= 11 is 0. The average molecular weight is 371 g/mol. The van der Waals surface area contributed by atoms with E-state index in [1.54, 1.807) is 0 Å². The minimum atomic E-state index is -4.91. The van der Waals surface area contributed by atoms with Gasteiger partial charge in [0, 0.05) is 11.9 Å². The lowest BCUT2D eigenvalue weighted by atomic mass is 10.1. The zero-order valence-corrected chi connectivity index (χ0v) is 12.8. The van der Waals surface area contributed by atoms with E-state index < -0.39 is 35.1 Å². The Labute approximate surface area is 142 Å². The third kappa shape index (κ3) is 2.96. The second-order valence-corrected chi connectivity index (χ2v) is 5.56. The summed E-state index contributed by atoms with van der Waals surface area (Å²) in [4.78, 5) is 11.4. The van der Waals surface area contributed by atoms with E-state index in [0.29, 0.717) is 12.1 Å². The van der Waals surface area contributed by atoms with Crippen LogP contribution in [-0.4, -0.2) is 20.7 Å². The largest absolute Gasteiger partial charge is 0.505 e. The van der Waals surface area contributed by atoms with Crippen LogP contribution in [0.5, 0.6) is 5.75 Å². The average Bonchev–Trinajstić information content (AvgIpc) is 2.91. The van der Waals surface area contributed by atoms with Crippen LogP contribution >= 0.6 is 0 Å². The number of aromatic carboxylic acids is 1. The van der Waals surface area contributed by atoms with Crippen molar-refractivity contribution in [1.29, 1.82) is 0 Å². The van der Waals surface area contributed by atoms with E-state index >= 15 is 0 Å². The maximum absolute atomic E-state index is 14.0. The molecule has 0 bridgehead atoms. The van der Waals surface area contributed by atoms with Crippen molar-refractivity contribution in [2.24, 2.45) is 0 Å². The van der Waals surface area contributed by atoms with Gasteiger partial charge in [-0.05, 0) is 35.9 Å². The van der Waals surface area contributed by atoms with Crippen molar-refractivity contribution in [2.75, 3.05) is 0 Å². The van der Waals surface area contributed by atoms with Gasteiger partial charge < -0.3 is 14.8 Å². The molecule has 0 aliphatic heterocycles. The zero-order valence-electron chi connectivity index (χ0n) is 12.8. The second kappa shape index (κ2) is 6.01. The summed E-state index contributed by atoms with van der Waals surface area (Å²) in [5.41, 5.74) is -1.82. The molecule has 0 aliphatic rings. The highest BCUT2D eigenvalue weighted by Gasteiger charge is 2.34. The third-order valence-electron chi connectivity index (χ3n) is 3.90. The van der Waals surface area contributed by atoms with Crippen LogP contribution in [0, 0.1) is 11.6 Å². The number of halogens is 5. The fraction of sp³-hybridized carbons (Fsp3) is 0.118. The van der Waals surface area contributed by atoms with Crippen molar-refractivity contribution < 1.29 is 37.0 Å². The van der Waals surface area contributed by atoms with Gasteiger partial charge in [0.15, 0.2) is 11.6 Å². The highest BCUT2D eigenvalue weighted by Crippen LogP contribution is 2.33. The lowest BCUT2D eigenvalue weighted by Crippen LogP contribution is -2.12. The minimum Gasteiger partial charge on any atom is -0.505 e. The predicted octanol–water partition coefficient (Wildman–Crippen LogP) is 4.39. The smallest absolute Gasteiger partial charge is 0.419 e. The van der Waals surface area contributed by atoms with Crippen LogP contribution in [0.3, 0.4) is 0 Å². The molecule has 0 saturated carbocycles. The highest BCUT2D eigenvalue weighted by molar-refractivity contribution is 5.95. The van der Waals surface area contributed by atoms with Gasteiger partial charge in [-0.15, -0.1) is 0 Å². The van der Waals surface area contributed by atoms with E-state index in [0.717, 1.165) is 22.8 Å². The number of phenols is 1. The standard InChI is InChI=1S/C17H10F5NO3/c18-11-2-1-8(5-10(11)17(20,21)22)7-23-12-3-4-14(24)15(19)9(12)6-13(23)16(25)26/h1-6,24H,7H2,(H,25,26). The number of carboxylic acid groups (broad SMARTS) is 1. The molecule has 0 radical (unpaired) electrons. The van der Waals surface area contributed by atoms with Gasteiger partial charge in [-0.1, -0.05) is 6.07 Å². The number of phenolic OH excluding ortho intramolecular Hbond substituents is 1. The Morgan fingerprint density at radius 1 is 1.08 bits per heavy atom. The van der Waals surface area contributed by atoms with Crippen LogP contribution in [0.15, 0.2) is 36.4 Å². The summed E-state index contributed by atoms with van der Waals surface area (Å²) in [5.74, 6) is -4.61. The van der Waals surface area contributed by atoms with E-state index in [1.165, 1.54) is 6.07 Å². The molecule has 3 aromatic rings. The van der Waals surface area contributed by atoms with Crippen LogP contribution in [0.1, 0.15) is 21.6 Å². The van der Waals surface area contributed by atoms with E-state index in [1.807, 2.05) is 0 Å². The molecule has 1 aromatic heterocycles. The number of aromatic nitrogens is 1. The molecule has 2 N–H and O–H groups in total. The molecule has 0 amide bonds. The number of benzene rings is 2. The van der Waals surface area contributed by atoms with Crippen molar-refractivity contribution in [3.05, 3.63) is 64.9 Å². The Morgan fingerprint density at radius 3 is 2.38 bits per heavy atom. The number of rotatable bonds is 3. The number of nitrogens with zero attached hydrogens (tertiary/aromatic N) is 1. The first-order valence-electron chi connectivity index (χ1n) is 7.19. The molecule has 136 valence electrons. The molecule has 3 rings (SSSR count). The van der Waals surface area contributed by atoms with E-state index in [-0.39, 0.29) is 28.7 Å². The van der Waals surface area contributed by atoms with Crippen molar-refractivity contribution in [3.8, 4) is 5.75 Å². The first kappa shape index (κ1) is 17.7. The maximum Gasteiger partial charge on any atom is 0.419 e. The zero-order chi connectivity index (χ0) is 19.2.